The van der Waals surface area contributed by atoms with Crippen LogP contribution in [0.1, 0.15) is 17.7 Å². The molecule has 0 saturated carbocycles. The van der Waals surface area contributed by atoms with Gasteiger partial charge in [-0.25, -0.2) is 4.39 Å². The third-order valence-corrected chi connectivity index (χ3v) is 5.16. The zero-order valence-corrected chi connectivity index (χ0v) is 17.5. The van der Waals surface area contributed by atoms with Gasteiger partial charge >= 0.3 is 0 Å². The van der Waals surface area contributed by atoms with Gasteiger partial charge < -0.3 is 10.6 Å². The Hall–Kier alpha value is -2.16. The molecule has 2 heterocycles. The molecule has 0 saturated heterocycles. The van der Waals surface area contributed by atoms with E-state index in [9.17, 15) is 4.39 Å². The Balaban J connectivity index is 1.42. The molecule has 6 nitrogen and oxygen atoms in total. The van der Waals surface area contributed by atoms with Gasteiger partial charge in [0.05, 0.1) is 24.1 Å². The second-order valence-corrected chi connectivity index (χ2v) is 7.35. The summed E-state index contributed by atoms with van der Waals surface area (Å²) >= 11 is 17.4. The largest absolute Gasteiger partial charge is 0.362 e. The van der Waals surface area contributed by atoms with E-state index >= 15 is 0 Å². The number of aromatic nitrogens is 4. The van der Waals surface area contributed by atoms with Crippen LogP contribution in [0.15, 0.2) is 36.7 Å². The summed E-state index contributed by atoms with van der Waals surface area (Å²) in [4.78, 5) is 0. The Bertz CT molecular complexity index is 954. The van der Waals surface area contributed by atoms with Crippen molar-refractivity contribution in [3.05, 3.63) is 63.9 Å². The van der Waals surface area contributed by atoms with Crippen molar-refractivity contribution in [2.75, 3.05) is 11.9 Å². The number of nitrogens with zero attached hydrogens (tertiary/aromatic N) is 4. The first kappa shape index (κ1) is 20.6. The van der Waals surface area contributed by atoms with Crippen molar-refractivity contribution in [3.8, 4) is 0 Å². The minimum Gasteiger partial charge on any atom is -0.362 e. The lowest BCUT2D eigenvalue weighted by atomic mass is 10.2. The van der Waals surface area contributed by atoms with Crippen LogP contribution in [0.2, 0.25) is 10.2 Å². The van der Waals surface area contributed by atoms with Crippen molar-refractivity contribution in [1.29, 1.82) is 0 Å². The van der Waals surface area contributed by atoms with Gasteiger partial charge in [-0.2, -0.15) is 10.2 Å². The predicted molar refractivity (Wildman–Crippen MR) is 114 cm³/mol. The smallest absolute Gasteiger partial charge is 0.170 e. The van der Waals surface area contributed by atoms with Crippen LogP contribution in [0.3, 0.4) is 0 Å². The molecule has 0 amide bonds. The molecule has 0 aliphatic carbocycles. The summed E-state index contributed by atoms with van der Waals surface area (Å²) in [6, 6.07) is 6.33. The number of thiocarbonyl (C=S) groups is 1. The summed E-state index contributed by atoms with van der Waals surface area (Å²) in [5, 5.41) is 16.2. The Morgan fingerprint density at radius 3 is 2.68 bits per heavy atom. The number of nitrogens with one attached hydrogen (secondary N) is 2. The van der Waals surface area contributed by atoms with Crippen LogP contribution in [-0.4, -0.2) is 31.2 Å². The fourth-order valence-corrected chi connectivity index (χ4v) is 3.19. The van der Waals surface area contributed by atoms with Crippen molar-refractivity contribution in [3.63, 3.8) is 0 Å². The van der Waals surface area contributed by atoms with Crippen LogP contribution in [0.5, 0.6) is 0 Å². The monoisotopic (exact) mass is 440 g/mol. The first-order valence-corrected chi connectivity index (χ1v) is 9.79. The van der Waals surface area contributed by atoms with E-state index < -0.39 is 0 Å². The zero-order valence-electron chi connectivity index (χ0n) is 15.1. The van der Waals surface area contributed by atoms with Gasteiger partial charge in [-0.05, 0) is 43.3 Å². The van der Waals surface area contributed by atoms with Crippen molar-refractivity contribution in [2.24, 2.45) is 0 Å². The van der Waals surface area contributed by atoms with Crippen LogP contribution >= 0.6 is 35.4 Å². The lowest BCUT2D eigenvalue weighted by Crippen LogP contribution is -2.29. The topological polar surface area (TPSA) is 59.7 Å². The molecule has 0 radical (unpaired) electrons. The fourth-order valence-electron chi connectivity index (χ4n) is 2.58. The number of aryl methyl sites for hydroxylation is 2. The fraction of sp³-hybridized carbons (Fsp3) is 0.278. The molecule has 2 N–H and O–H groups in total. The van der Waals surface area contributed by atoms with Gasteiger partial charge in [0.1, 0.15) is 16.0 Å². The van der Waals surface area contributed by atoms with E-state index in [0.717, 1.165) is 23.4 Å². The Morgan fingerprint density at radius 2 is 2.00 bits per heavy atom. The van der Waals surface area contributed by atoms with E-state index in [0.29, 0.717) is 34.9 Å². The van der Waals surface area contributed by atoms with E-state index in [4.69, 9.17) is 35.4 Å². The van der Waals surface area contributed by atoms with Gasteiger partial charge in [0.15, 0.2) is 5.11 Å². The van der Waals surface area contributed by atoms with Gasteiger partial charge in [-0.1, -0.05) is 35.3 Å². The molecule has 3 rings (SSSR count). The standard InChI is InChI=1S/C18H19Cl2FN6S/c1-12-16(19)17(20)27(25-12)8-2-7-22-18(28)24-15-9-23-26(11-15)10-13-3-5-14(21)6-4-13/h3-6,9,11H,2,7-8,10H2,1H3,(H2,22,24,28). The minimum absolute atomic E-state index is 0.254. The average Bonchev–Trinajstić information content (AvgIpc) is 3.20. The molecular formula is C18H19Cl2FN6S. The number of rotatable bonds is 7. The summed E-state index contributed by atoms with van der Waals surface area (Å²) in [5.41, 5.74) is 2.45. The van der Waals surface area contributed by atoms with Gasteiger partial charge in [-0.3, -0.25) is 9.36 Å². The molecule has 0 atom stereocenters. The molecule has 148 valence electrons. The highest BCUT2D eigenvalue weighted by molar-refractivity contribution is 7.80. The number of hydrogen-bond acceptors (Lipinski definition) is 3. The highest BCUT2D eigenvalue weighted by Crippen LogP contribution is 2.24. The van der Waals surface area contributed by atoms with E-state index in [-0.39, 0.29) is 5.82 Å². The molecule has 0 bridgehead atoms. The van der Waals surface area contributed by atoms with Crippen LogP contribution in [-0.2, 0) is 13.1 Å². The minimum atomic E-state index is -0.254. The Kier molecular flexibility index (Phi) is 6.88. The summed E-state index contributed by atoms with van der Waals surface area (Å²) < 4.78 is 16.4. The van der Waals surface area contributed by atoms with Crippen LogP contribution in [0.4, 0.5) is 10.1 Å². The summed E-state index contributed by atoms with van der Waals surface area (Å²) in [6.45, 7) is 3.66. The highest BCUT2D eigenvalue weighted by atomic mass is 35.5. The van der Waals surface area contributed by atoms with E-state index in [2.05, 4.69) is 20.8 Å². The van der Waals surface area contributed by atoms with Crippen LogP contribution in [0.25, 0.3) is 0 Å². The van der Waals surface area contributed by atoms with E-state index in [1.54, 1.807) is 27.7 Å². The molecular weight excluding hydrogens is 422 g/mol. The predicted octanol–water partition coefficient (Wildman–Crippen LogP) is 4.26. The molecule has 0 fully saturated rings. The van der Waals surface area contributed by atoms with Gasteiger partial charge in [-0.15, -0.1) is 0 Å². The highest BCUT2D eigenvalue weighted by Gasteiger charge is 2.10. The van der Waals surface area contributed by atoms with Crippen molar-refractivity contribution in [1.82, 2.24) is 24.9 Å². The summed E-state index contributed by atoms with van der Waals surface area (Å²) in [6.07, 6.45) is 4.31. The maximum absolute atomic E-state index is 13.0. The Labute approximate surface area is 177 Å². The molecule has 28 heavy (non-hydrogen) atoms. The lowest BCUT2D eigenvalue weighted by molar-refractivity contribution is 0.571. The first-order valence-electron chi connectivity index (χ1n) is 8.62. The quantitative estimate of drug-likeness (QED) is 0.424. The Morgan fingerprint density at radius 1 is 1.25 bits per heavy atom. The number of hydrogen-bond donors (Lipinski definition) is 2. The second kappa shape index (κ2) is 9.36. The molecule has 1 aromatic carbocycles. The molecule has 0 aliphatic heterocycles. The molecule has 0 aliphatic rings. The maximum atomic E-state index is 13.0. The summed E-state index contributed by atoms with van der Waals surface area (Å²) in [5.74, 6) is -0.254. The second-order valence-electron chi connectivity index (χ2n) is 6.20. The SMILES string of the molecule is Cc1nn(CCCNC(=S)Nc2cnn(Cc3ccc(F)cc3)c2)c(Cl)c1Cl. The molecule has 3 aromatic rings. The maximum Gasteiger partial charge on any atom is 0.170 e. The van der Waals surface area contributed by atoms with Crippen molar-refractivity contribution in [2.45, 2.75) is 26.4 Å². The van der Waals surface area contributed by atoms with E-state index in [1.165, 1.54) is 12.1 Å². The van der Waals surface area contributed by atoms with Gasteiger partial charge in [0, 0.05) is 19.3 Å². The number of halogens is 3. The third-order valence-electron chi connectivity index (χ3n) is 3.98. The first-order chi connectivity index (χ1) is 13.4. The van der Waals surface area contributed by atoms with Crippen molar-refractivity contribution >= 4 is 46.2 Å². The molecule has 0 unspecified atom stereocenters. The molecule has 10 heteroatoms. The van der Waals surface area contributed by atoms with Crippen LogP contribution < -0.4 is 10.6 Å². The van der Waals surface area contributed by atoms with Gasteiger partial charge in [0.25, 0.3) is 0 Å². The lowest BCUT2D eigenvalue weighted by Gasteiger charge is -2.09. The van der Waals surface area contributed by atoms with Crippen molar-refractivity contribution < 1.29 is 4.39 Å². The summed E-state index contributed by atoms with van der Waals surface area (Å²) in [7, 11) is 0. The van der Waals surface area contributed by atoms with E-state index in [1.807, 2.05) is 13.1 Å². The van der Waals surface area contributed by atoms with Gasteiger partial charge in [0.2, 0.25) is 0 Å². The average molecular weight is 441 g/mol. The third kappa shape index (κ3) is 5.43. The molecule has 2 aromatic heterocycles. The van der Waals surface area contributed by atoms with Crippen LogP contribution in [0, 0.1) is 12.7 Å². The number of anilines is 1. The molecule has 0 spiro atoms. The number of benzene rings is 1. The normalized spacial score (nSPS) is 10.9. The zero-order chi connectivity index (χ0) is 20.1.